The fourth-order valence-electron chi connectivity index (χ4n) is 4.43. The third kappa shape index (κ3) is 4.96. The Morgan fingerprint density at radius 1 is 0.906 bits per heavy atom. The zero-order valence-corrected chi connectivity index (χ0v) is 18.4. The second-order valence-electron chi connectivity index (χ2n) is 8.94. The van der Waals surface area contributed by atoms with E-state index in [2.05, 4.69) is 58.7 Å². The van der Waals surface area contributed by atoms with Crippen LogP contribution in [0.25, 0.3) is 0 Å². The van der Waals surface area contributed by atoms with Crippen molar-refractivity contribution in [2.45, 2.75) is 44.8 Å². The van der Waals surface area contributed by atoms with Gasteiger partial charge in [0, 0.05) is 30.8 Å². The van der Waals surface area contributed by atoms with E-state index in [1.807, 2.05) is 30.3 Å². The fraction of sp³-hybridized carbons (Fsp3) is 0.321. The van der Waals surface area contributed by atoms with E-state index < -0.39 is 0 Å². The number of hydrogen-bond donors (Lipinski definition) is 1. The number of amides is 1. The Bertz CT molecular complexity index is 1060. The average Bonchev–Trinajstić information content (AvgIpc) is 3.64. The van der Waals surface area contributed by atoms with Crippen molar-refractivity contribution < 1.29 is 9.53 Å². The Kier molecular flexibility index (Phi) is 6.11. The molecule has 1 N–H and O–H groups in total. The van der Waals surface area contributed by atoms with E-state index in [4.69, 9.17) is 4.74 Å². The molecule has 0 unspecified atom stereocenters. The first-order chi connectivity index (χ1) is 15.8. The molecule has 3 aromatic carbocycles. The number of hydrogen-bond acceptors (Lipinski definition) is 3. The molecule has 4 nitrogen and oxygen atoms in total. The Morgan fingerprint density at radius 3 is 2.44 bits per heavy atom. The van der Waals surface area contributed by atoms with Crippen molar-refractivity contribution in [1.29, 1.82) is 0 Å². The van der Waals surface area contributed by atoms with Gasteiger partial charge in [0.2, 0.25) is 5.91 Å². The molecule has 32 heavy (non-hydrogen) atoms. The van der Waals surface area contributed by atoms with Crippen LogP contribution in [-0.4, -0.2) is 23.5 Å². The van der Waals surface area contributed by atoms with Crippen LogP contribution < -0.4 is 10.1 Å². The predicted octanol–water partition coefficient (Wildman–Crippen LogP) is 5.43. The minimum Gasteiger partial charge on any atom is -0.491 e. The number of rotatable bonds is 4. The van der Waals surface area contributed by atoms with Crippen LogP contribution in [-0.2, 0) is 24.3 Å². The molecule has 3 aromatic rings. The minimum atomic E-state index is -0.0390. The molecule has 0 saturated heterocycles. The predicted molar refractivity (Wildman–Crippen MR) is 128 cm³/mol. The summed E-state index contributed by atoms with van der Waals surface area (Å²) in [4.78, 5) is 15.6. The summed E-state index contributed by atoms with van der Waals surface area (Å²) >= 11 is 0. The summed E-state index contributed by atoms with van der Waals surface area (Å²) in [7, 11) is 0. The lowest BCUT2D eigenvalue weighted by molar-refractivity contribution is -0.135. The normalized spacial score (nSPS) is 18.4. The number of ether oxygens (including phenoxy) is 1. The summed E-state index contributed by atoms with van der Waals surface area (Å²) < 4.78 is 6.37. The van der Waals surface area contributed by atoms with E-state index in [1.54, 1.807) is 0 Å². The lowest BCUT2D eigenvalue weighted by Crippen LogP contribution is -2.44. The number of benzene rings is 3. The van der Waals surface area contributed by atoms with Crippen molar-refractivity contribution in [3.05, 3.63) is 95.6 Å². The van der Waals surface area contributed by atoms with Crippen molar-refractivity contribution in [1.82, 2.24) is 4.90 Å². The molecule has 0 radical (unpaired) electrons. The first kappa shape index (κ1) is 20.6. The molecule has 164 valence electrons. The zero-order chi connectivity index (χ0) is 21.8. The van der Waals surface area contributed by atoms with Crippen molar-refractivity contribution in [3.63, 3.8) is 0 Å². The van der Waals surface area contributed by atoms with E-state index in [9.17, 15) is 4.79 Å². The Labute approximate surface area is 190 Å². The topological polar surface area (TPSA) is 41.6 Å². The van der Waals surface area contributed by atoms with Gasteiger partial charge in [0.25, 0.3) is 0 Å². The molecule has 2 aliphatic rings. The SMILES string of the molecule is O=C(CC1CC1)N1Cc2ccccc2NCc2ccccc2OC[C@@H]1Cc1ccccc1. The maximum atomic E-state index is 13.5. The van der Waals surface area contributed by atoms with Gasteiger partial charge in [0.1, 0.15) is 12.4 Å². The number of nitrogens with one attached hydrogen (secondary N) is 1. The zero-order valence-electron chi connectivity index (χ0n) is 18.4. The molecule has 0 spiro atoms. The molecule has 1 atom stereocenters. The van der Waals surface area contributed by atoms with Crippen molar-refractivity contribution >= 4 is 11.6 Å². The molecule has 1 amide bonds. The third-order valence-corrected chi connectivity index (χ3v) is 6.47. The Morgan fingerprint density at radius 2 is 1.62 bits per heavy atom. The second-order valence-corrected chi connectivity index (χ2v) is 8.94. The molecule has 1 aliphatic carbocycles. The van der Waals surface area contributed by atoms with Gasteiger partial charge in [-0.15, -0.1) is 0 Å². The van der Waals surface area contributed by atoms with Gasteiger partial charge >= 0.3 is 0 Å². The molecule has 0 aromatic heterocycles. The number of para-hydroxylation sites is 2. The highest BCUT2D eigenvalue weighted by atomic mass is 16.5. The minimum absolute atomic E-state index is 0.0390. The van der Waals surface area contributed by atoms with Crippen molar-refractivity contribution in [2.75, 3.05) is 11.9 Å². The Hall–Kier alpha value is -3.27. The average molecular weight is 427 g/mol. The van der Waals surface area contributed by atoms with E-state index in [0.29, 0.717) is 32.0 Å². The lowest BCUT2D eigenvalue weighted by atomic mass is 10.0. The van der Waals surface area contributed by atoms with Crippen LogP contribution in [0.2, 0.25) is 0 Å². The van der Waals surface area contributed by atoms with E-state index in [-0.39, 0.29) is 11.9 Å². The molecule has 1 heterocycles. The van der Waals surface area contributed by atoms with Crippen LogP contribution in [0.5, 0.6) is 5.75 Å². The van der Waals surface area contributed by atoms with Crippen LogP contribution in [0, 0.1) is 5.92 Å². The maximum Gasteiger partial charge on any atom is 0.223 e. The summed E-state index contributed by atoms with van der Waals surface area (Å²) in [5.74, 6) is 1.67. The monoisotopic (exact) mass is 426 g/mol. The Balaban J connectivity index is 1.52. The molecule has 5 rings (SSSR count). The highest BCUT2D eigenvalue weighted by Crippen LogP contribution is 2.34. The summed E-state index contributed by atoms with van der Waals surface area (Å²) in [6, 6.07) is 26.9. The second kappa shape index (κ2) is 9.47. The number of carbonyl (C=O) groups is 1. The van der Waals surface area contributed by atoms with Gasteiger partial charge < -0.3 is 15.0 Å². The number of anilines is 1. The van der Waals surface area contributed by atoms with E-state index in [1.165, 1.54) is 18.4 Å². The standard InChI is InChI=1S/C28H30N2O2/c31-28(17-22-14-15-22)30-19-24-11-4-6-12-26(24)29-18-23-10-5-7-13-27(23)32-20-25(30)16-21-8-2-1-3-9-21/h1-13,22,25,29H,14-20H2/t25-/m0/s1. The van der Waals surface area contributed by atoms with E-state index in [0.717, 1.165) is 29.0 Å². The van der Waals surface area contributed by atoms with Crippen LogP contribution in [0.15, 0.2) is 78.9 Å². The molecule has 0 bridgehead atoms. The fourth-order valence-corrected chi connectivity index (χ4v) is 4.43. The largest absolute Gasteiger partial charge is 0.491 e. The van der Waals surface area contributed by atoms with Gasteiger partial charge in [-0.25, -0.2) is 0 Å². The van der Waals surface area contributed by atoms with Gasteiger partial charge in [-0.1, -0.05) is 66.7 Å². The van der Waals surface area contributed by atoms with Gasteiger partial charge in [-0.3, -0.25) is 4.79 Å². The number of nitrogens with zero attached hydrogens (tertiary/aromatic N) is 1. The van der Waals surface area contributed by atoms with Gasteiger partial charge in [-0.05, 0) is 48.4 Å². The van der Waals surface area contributed by atoms with Crippen molar-refractivity contribution in [3.8, 4) is 5.75 Å². The van der Waals surface area contributed by atoms with Crippen molar-refractivity contribution in [2.24, 2.45) is 5.92 Å². The quantitative estimate of drug-likeness (QED) is 0.605. The van der Waals surface area contributed by atoms with Gasteiger partial charge in [0.15, 0.2) is 0 Å². The first-order valence-electron chi connectivity index (χ1n) is 11.6. The lowest BCUT2D eigenvalue weighted by Gasteiger charge is -2.33. The summed E-state index contributed by atoms with van der Waals surface area (Å²) in [5, 5.41) is 3.58. The first-order valence-corrected chi connectivity index (χ1v) is 11.6. The molecule has 1 aliphatic heterocycles. The molecule has 4 heteroatoms. The molecular weight excluding hydrogens is 396 g/mol. The molecule has 1 saturated carbocycles. The summed E-state index contributed by atoms with van der Waals surface area (Å²) in [6.45, 7) is 1.75. The van der Waals surface area contributed by atoms with Crippen LogP contribution >= 0.6 is 0 Å². The molecule has 1 fully saturated rings. The van der Waals surface area contributed by atoms with Crippen LogP contribution in [0.1, 0.15) is 36.0 Å². The smallest absolute Gasteiger partial charge is 0.223 e. The van der Waals surface area contributed by atoms with Gasteiger partial charge in [0.05, 0.1) is 6.04 Å². The van der Waals surface area contributed by atoms with Crippen LogP contribution in [0.3, 0.4) is 0 Å². The third-order valence-electron chi connectivity index (χ3n) is 6.47. The maximum absolute atomic E-state index is 13.5. The summed E-state index contributed by atoms with van der Waals surface area (Å²) in [6.07, 6.45) is 3.75. The highest BCUT2D eigenvalue weighted by Gasteiger charge is 2.31. The molecular formula is C28H30N2O2. The van der Waals surface area contributed by atoms with Crippen LogP contribution in [0.4, 0.5) is 5.69 Å². The number of fused-ring (bicyclic) bond motifs is 2. The summed E-state index contributed by atoms with van der Waals surface area (Å²) in [5.41, 5.74) is 4.57. The number of carbonyl (C=O) groups excluding carboxylic acids is 1. The van der Waals surface area contributed by atoms with Gasteiger partial charge in [-0.2, -0.15) is 0 Å². The van der Waals surface area contributed by atoms with E-state index >= 15 is 0 Å². The highest BCUT2D eigenvalue weighted by molar-refractivity contribution is 5.77.